The van der Waals surface area contributed by atoms with Crippen LogP contribution in [0.3, 0.4) is 0 Å². The minimum Gasteiger partial charge on any atom is -0.334 e. The summed E-state index contributed by atoms with van der Waals surface area (Å²) in [5.41, 5.74) is 0.326. The Morgan fingerprint density at radius 1 is 1.18 bits per heavy atom. The number of fused-ring (bicyclic) bond motifs is 1. The molecule has 9 heteroatoms. The molecular formula is C19H20F3N3O3. The van der Waals surface area contributed by atoms with Crippen molar-refractivity contribution in [2.75, 3.05) is 0 Å². The topological polar surface area (TPSA) is 78.5 Å². The molecule has 150 valence electrons. The monoisotopic (exact) mass is 395 g/mol. The molecule has 28 heavy (non-hydrogen) atoms. The Kier molecular flexibility index (Phi) is 4.55. The van der Waals surface area contributed by atoms with Crippen molar-refractivity contribution >= 4 is 17.8 Å². The van der Waals surface area contributed by atoms with Crippen molar-refractivity contribution in [3.8, 4) is 0 Å². The van der Waals surface area contributed by atoms with Gasteiger partial charge in [0.2, 0.25) is 5.91 Å². The van der Waals surface area contributed by atoms with E-state index in [2.05, 4.69) is 10.6 Å². The van der Waals surface area contributed by atoms with Crippen molar-refractivity contribution in [3.63, 3.8) is 0 Å². The molecule has 0 bridgehead atoms. The number of urea groups is 1. The van der Waals surface area contributed by atoms with Gasteiger partial charge in [-0.15, -0.1) is 0 Å². The Hall–Kier alpha value is -2.58. The second kappa shape index (κ2) is 6.79. The number of imide groups is 1. The Labute approximate surface area is 159 Å². The van der Waals surface area contributed by atoms with E-state index < -0.39 is 24.2 Å². The number of rotatable bonds is 6. The number of halogens is 3. The molecule has 0 spiro atoms. The number of alkyl halides is 3. The highest BCUT2D eigenvalue weighted by molar-refractivity contribution is 6.07. The second-order valence-electron chi connectivity index (χ2n) is 7.67. The summed E-state index contributed by atoms with van der Waals surface area (Å²) in [6.45, 7) is 0.530. The van der Waals surface area contributed by atoms with Gasteiger partial charge in [0.25, 0.3) is 12.3 Å². The van der Waals surface area contributed by atoms with Crippen LogP contribution in [0, 0.1) is 5.92 Å². The minimum absolute atomic E-state index is 0.0425. The fraction of sp³-hybridized carbons (Fsp3) is 0.526. The molecule has 1 saturated carbocycles. The molecule has 1 aliphatic carbocycles. The molecule has 1 saturated heterocycles. The molecule has 2 heterocycles. The lowest BCUT2D eigenvalue weighted by Gasteiger charge is -2.26. The lowest BCUT2D eigenvalue weighted by molar-refractivity contribution is -0.133. The highest BCUT2D eigenvalue weighted by atomic mass is 19.3. The lowest BCUT2D eigenvalue weighted by Crippen LogP contribution is -2.49. The molecule has 0 radical (unpaired) electrons. The highest BCUT2D eigenvalue weighted by Gasteiger charge is 2.55. The quantitative estimate of drug-likeness (QED) is 0.727. The SMILES string of the molecule is O=C1NC(=O)C(CCC(=O)N2Cc3ccc(C(F)C(F)F)cc3C2)(C2CC2)N1. The van der Waals surface area contributed by atoms with E-state index in [1.807, 2.05) is 0 Å². The maximum Gasteiger partial charge on any atom is 0.322 e. The van der Waals surface area contributed by atoms with Gasteiger partial charge in [-0.25, -0.2) is 18.0 Å². The van der Waals surface area contributed by atoms with Crippen LogP contribution in [0.4, 0.5) is 18.0 Å². The van der Waals surface area contributed by atoms with Crippen LogP contribution in [-0.4, -0.2) is 34.7 Å². The number of carbonyl (C=O) groups excluding carboxylic acids is 3. The Balaban J connectivity index is 1.41. The zero-order valence-corrected chi connectivity index (χ0v) is 15.0. The first kappa shape index (κ1) is 18.8. The number of hydrogen-bond donors (Lipinski definition) is 2. The fourth-order valence-electron chi connectivity index (χ4n) is 4.12. The van der Waals surface area contributed by atoms with E-state index in [-0.39, 0.29) is 42.7 Å². The molecule has 2 aliphatic heterocycles. The van der Waals surface area contributed by atoms with E-state index in [4.69, 9.17) is 0 Å². The molecule has 2 N–H and O–H groups in total. The maximum atomic E-state index is 13.6. The zero-order valence-electron chi connectivity index (χ0n) is 15.0. The second-order valence-corrected chi connectivity index (χ2v) is 7.67. The van der Waals surface area contributed by atoms with Crippen LogP contribution in [0.2, 0.25) is 0 Å². The normalized spacial score (nSPS) is 24.9. The number of carbonyl (C=O) groups is 3. The predicted octanol–water partition coefficient (Wildman–Crippen LogP) is 2.57. The van der Waals surface area contributed by atoms with Gasteiger partial charge in [-0.1, -0.05) is 18.2 Å². The third-order valence-electron chi connectivity index (χ3n) is 5.82. The summed E-state index contributed by atoms with van der Waals surface area (Å²) in [6, 6.07) is 3.74. The molecular weight excluding hydrogens is 375 g/mol. The average Bonchev–Trinajstić information content (AvgIpc) is 3.35. The van der Waals surface area contributed by atoms with Crippen molar-refractivity contribution in [3.05, 3.63) is 34.9 Å². The maximum absolute atomic E-state index is 13.6. The Bertz CT molecular complexity index is 843. The van der Waals surface area contributed by atoms with Gasteiger partial charge < -0.3 is 10.2 Å². The van der Waals surface area contributed by atoms with E-state index in [1.54, 1.807) is 11.0 Å². The fourth-order valence-corrected chi connectivity index (χ4v) is 4.12. The van der Waals surface area contributed by atoms with Gasteiger partial charge in [0.1, 0.15) is 5.54 Å². The molecule has 2 atom stereocenters. The molecule has 2 unspecified atom stereocenters. The molecule has 1 aromatic rings. The molecule has 2 fully saturated rings. The minimum atomic E-state index is -3.09. The summed E-state index contributed by atoms with van der Waals surface area (Å²) in [5.74, 6) is -0.540. The van der Waals surface area contributed by atoms with Crippen molar-refractivity contribution in [1.82, 2.24) is 15.5 Å². The van der Waals surface area contributed by atoms with E-state index in [1.165, 1.54) is 12.1 Å². The standard InChI is InChI=1S/C19H20F3N3O3/c20-15(16(21)22)10-1-2-11-8-25(9-12(11)7-10)14(26)5-6-19(13-3-4-13)17(27)23-18(28)24-19/h1-2,7,13,15-16H,3-6,8-9H2,(H2,23,24,27,28). The predicted molar refractivity (Wildman–Crippen MR) is 91.9 cm³/mol. The van der Waals surface area contributed by atoms with Crippen molar-refractivity contribution in [2.45, 2.75) is 56.9 Å². The summed E-state index contributed by atoms with van der Waals surface area (Å²) in [4.78, 5) is 38.0. The first-order valence-corrected chi connectivity index (χ1v) is 9.25. The van der Waals surface area contributed by atoms with Crippen LogP contribution in [0.15, 0.2) is 18.2 Å². The molecule has 4 amide bonds. The molecule has 1 aromatic carbocycles. The molecule has 3 aliphatic rings. The van der Waals surface area contributed by atoms with Crippen LogP contribution in [0.25, 0.3) is 0 Å². The van der Waals surface area contributed by atoms with Gasteiger partial charge in [0.05, 0.1) is 0 Å². The molecule has 4 rings (SSSR count). The smallest absolute Gasteiger partial charge is 0.322 e. The van der Waals surface area contributed by atoms with Gasteiger partial charge in [0, 0.05) is 19.5 Å². The van der Waals surface area contributed by atoms with E-state index in [9.17, 15) is 27.6 Å². The van der Waals surface area contributed by atoms with E-state index >= 15 is 0 Å². The number of nitrogens with zero attached hydrogens (tertiary/aromatic N) is 1. The number of nitrogens with one attached hydrogen (secondary N) is 2. The van der Waals surface area contributed by atoms with Gasteiger partial charge in [-0.05, 0) is 41.9 Å². The van der Waals surface area contributed by atoms with Gasteiger partial charge >= 0.3 is 6.03 Å². The van der Waals surface area contributed by atoms with Gasteiger partial charge in [-0.2, -0.15) is 0 Å². The van der Waals surface area contributed by atoms with Crippen LogP contribution >= 0.6 is 0 Å². The zero-order chi connectivity index (χ0) is 20.1. The van der Waals surface area contributed by atoms with Crippen LogP contribution < -0.4 is 10.6 Å². The summed E-state index contributed by atoms with van der Waals surface area (Å²) < 4.78 is 38.7. The Morgan fingerprint density at radius 2 is 1.89 bits per heavy atom. The number of amides is 4. The summed E-state index contributed by atoms with van der Waals surface area (Å²) in [5, 5.41) is 4.94. The molecule has 0 aromatic heterocycles. The Morgan fingerprint density at radius 3 is 2.50 bits per heavy atom. The first-order chi connectivity index (χ1) is 13.3. The number of hydrogen-bond acceptors (Lipinski definition) is 3. The average molecular weight is 395 g/mol. The third kappa shape index (κ3) is 3.22. The van der Waals surface area contributed by atoms with Crippen molar-refractivity contribution < 1.29 is 27.6 Å². The van der Waals surface area contributed by atoms with Gasteiger partial charge in [-0.3, -0.25) is 14.9 Å². The summed E-state index contributed by atoms with van der Waals surface area (Å²) in [7, 11) is 0. The summed E-state index contributed by atoms with van der Waals surface area (Å²) in [6.07, 6.45) is -3.50. The highest BCUT2D eigenvalue weighted by Crippen LogP contribution is 2.44. The lowest BCUT2D eigenvalue weighted by atomic mass is 9.88. The number of benzene rings is 1. The van der Waals surface area contributed by atoms with Crippen LogP contribution in [-0.2, 0) is 22.7 Å². The van der Waals surface area contributed by atoms with Crippen LogP contribution in [0.5, 0.6) is 0 Å². The van der Waals surface area contributed by atoms with Crippen LogP contribution in [0.1, 0.15) is 48.5 Å². The van der Waals surface area contributed by atoms with Gasteiger partial charge in [0.15, 0.2) is 6.17 Å². The van der Waals surface area contributed by atoms with Crippen molar-refractivity contribution in [1.29, 1.82) is 0 Å². The summed E-state index contributed by atoms with van der Waals surface area (Å²) >= 11 is 0. The van der Waals surface area contributed by atoms with E-state index in [0.717, 1.165) is 18.4 Å². The molecule has 6 nitrogen and oxygen atoms in total. The first-order valence-electron chi connectivity index (χ1n) is 9.25. The van der Waals surface area contributed by atoms with Crippen molar-refractivity contribution in [2.24, 2.45) is 5.92 Å². The third-order valence-corrected chi connectivity index (χ3v) is 5.82. The largest absolute Gasteiger partial charge is 0.334 e. The van der Waals surface area contributed by atoms with E-state index in [0.29, 0.717) is 12.1 Å².